The Morgan fingerprint density at radius 2 is 1.90 bits per heavy atom. The van der Waals surface area contributed by atoms with Gasteiger partial charge in [0.15, 0.2) is 10.9 Å². The summed E-state index contributed by atoms with van der Waals surface area (Å²) < 4.78 is 0. The van der Waals surface area contributed by atoms with Gasteiger partial charge in [0.05, 0.1) is 11.3 Å². The molecule has 7 nitrogen and oxygen atoms in total. The maximum absolute atomic E-state index is 11.1. The first kappa shape index (κ1) is 13.6. The predicted octanol–water partition coefficient (Wildman–Crippen LogP) is 1.15. The van der Waals surface area contributed by atoms with E-state index in [0.29, 0.717) is 5.82 Å². The molecule has 1 saturated heterocycles. The van der Waals surface area contributed by atoms with E-state index in [1.54, 1.807) is 17.5 Å². The molecule has 0 aliphatic carbocycles. The minimum absolute atomic E-state index is 0.0994. The fraction of sp³-hybridized carbons (Fsp3) is 0.308. The van der Waals surface area contributed by atoms with E-state index < -0.39 is 5.97 Å². The van der Waals surface area contributed by atoms with Gasteiger partial charge in [0.2, 0.25) is 0 Å². The van der Waals surface area contributed by atoms with E-state index >= 15 is 0 Å². The topological polar surface area (TPSA) is 95.6 Å². The van der Waals surface area contributed by atoms with E-state index in [9.17, 15) is 4.79 Å². The number of piperazine rings is 1. The van der Waals surface area contributed by atoms with Crippen LogP contribution in [0.1, 0.15) is 10.4 Å². The molecule has 0 spiro atoms. The first-order valence-corrected chi connectivity index (χ1v) is 7.42. The van der Waals surface area contributed by atoms with Crippen molar-refractivity contribution in [2.45, 2.75) is 0 Å². The molecule has 0 radical (unpaired) electrons. The molecule has 0 bridgehead atoms. The number of carboxylic acids is 1. The normalized spacial score (nSPS) is 15.2. The Morgan fingerprint density at radius 3 is 2.52 bits per heavy atom. The van der Waals surface area contributed by atoms with Crippen LogP contribution >= 0.6 is 11.3 Å². The molecule has 3 heterocycles. The van der Waals surface area contributed by atoms with E-state index in [0.717, 1.165) is 31.3 Å². The van der Waals surface area contributed by atoms with E-state index in [-0.39, 0.29) is 11.3 Å². The first-order valence-electron chi connectivity index (χ1n) is 6.54. The number of pyridine rings is 1. The molecular formula is C13H15N5O2S. The van der Waals surface area contributed by atoms with Crippen LogP contribution in [0, 0.1) is 0 Å². The number of nitrogens with two attached hydrogens (primary N) is 1. The van der Waals surface area contributed by atoms with Gasteiger partial charge in [0, 0.05) is 44.0 Å². The minimum Gasteiger partial charge on any atom is -0.478 e. The summed E-state index contributed by atoms with van der Waals surface area (Å²) in [6, 6.07) is 1.42. The van der Waals surface area contributed by atoms with Crippen molar-refractivity contribution in [2.24, 2.45) is 0 Å². The molecular weight excluding hydrogens is 290 g/mol. The summed E-state index contributed by atoms with van der Waals surface area (Å²) in [5.74, 6) is -0.480. The van der Waals surface area contributed by atoms with Gasteiger partial charge in [-0.25, -0.2) is 14.8 Å². The molecule has 2 aromatic rings. The number of hydrogen-bond acceptors (Lipinski definition) is 7. The third-order valence-corrected chi connectivity index (χ3v) is 4.30. The van der Waals surface area contributed by atoms with Crippen LogP contribution < -0.4 is 15.5 Å². The van der Waals surface area contributed by atoms with E-state index in [1.165, 1.54) is 12.3 Å². The molecule has 1 aliphatic rings. The van der Waals surface area contributed by atoms with Crippen molar-refractivity contribution in [3.8, 4) is 0 Å². The first-order chi connectivity index (χ1) is 10.2. The lowest BCUT2D eigenvalue weighted by atomic mass is 10.2. The summed E-state index contributed by atoms with van der Waals surface area (Å²) in [7, 11) is 0. The molecule has 3 N–H and O–H groups in total. The number of rotatable bonds is 3. The number of aromatic carboxylic acids is 1. The second-order valence-corrected chi connectivity index (χ2v) is 5.56. The van der Waals surface area contributed by atoms with Crippen molar-refractivity contribution in [3.05, 3.63) is 29.4 Å². The monoisotopic (exact) mass is 305 g/mol. The van der Waals surface area contributed by atoms with Gasteiger partial charge in [-0.1, -0.05) is 0 Å². The van der Waals surface area contributed by atoms with Crippen LogP contribution in [-0.4, -0.2) is 47.2 Å². The summed E-state index contributed by atoms with van der Waals surface area (Å²) in [6.45, 7) is 3.09. The standard InChI is InChI=1S/C13H15N5O2S/c14-10-9(12(19)20)1-2-15-11(10)17-4-6-18(7-5-17)13-16-3-8-21-13/h1-3,8H,4-7,14H2,(H,19,20). The zero-order valence-electron chi connectivity index (χ0n) is 11.3. The van der Waals surface area contributed by atoms with Crippen molar-refractivity contribution < 1.29 is 9.90 Å². The van der Waals surface area contributed by atoms with Crippen molar-refractivity contribution in [1.29, 1.82) is 0 Å². The number of aromatic nitrogens is 2. The molecule has 2 aromatic heterocycles. The quantitative estimate of drug-likeness (QED) is 0.878. The smallest absolute Gasteiger partial charge is 0.337 e. The maximum atomic E-state index is 11.1. The van der Waals surface area contributed by atoms with Gasteiger partial charge in [0.1, 0.15) is 0 Å². The number of nitrogen functional groups attached to an aromatic ring is 1. The number of anilines is 3. The van der Waals surface area contributed by atoms with Crippen LogP contribution in [-0.2, 0) is 0 Å². The highest BCUT2D eigenvalue weighted by atomic mass is 32.1. The summed E-state index contributed by atoms with van der Waals surface area (Å²) in [6.07, 6.45) is 3.28. The SMILES string of the molecule is Nc1c(C(=O)O)ccnc1N1CCN(c2nccs2)CC1. The molecule has 3 rings (SSSR count). The van der Waals surface area contributed by atoms with Crippen molar-refractivity contribution in [1.82, 2.24) is 9.97 Å². The lowest BCUT2D eigenvalue weighted by molar-refractivity contribution is 0.0698. The van der Waals surface area contributed by atoms with Crippen molar-refractivity contribution >= 4 is 33.9 Å². The van der Waals surface area contributed by atoms with Crippen molar-refractivity contribution in [2.75, 3.05) is 41.7 Å². The van der Waals surface area contributed by atoms with Gasteiger partial charge >= 0.3 is 5.97 Å². The predicted molar refractivity (Wildman–Crippen MR) is 82.1 cm³/mol. The van der Waals surface area contributed by atoms with Crippen LogP contribution in [0.25, 0.3) is 0 Å². The number of hydrogen-bond donors (Lipinski definition) is 2. The van der Waals surface area contributed by atoms with Gasteiger partial charge in [0.25, 0.3) is 0 Å². The molecule has 0 amide bonds. The van der Waals surface area contributed by atoms with E-state index in [4.69, 9.17) is 10.8 Å². The summed E-state index contributed by atoms with van der Waals surface area (Å²) in [5.41, 5.74) is 6.26. The highest BCUT2D eigenvalue weighted by Gasteiger charge is 2.23. The summed E-state index contributed by atoms with van der Waals surface area (Å²) in [4.78, 5) is 23.9. The highest BCUT2D eigenvalue weighted by Crippen LogP contribution is 2.26. The molecule has 1 fully saturated rings. The molecule has 21 heavy (non-hydrogen) atoms. The van der Waals surface area contributed by atoms with Gasteiger partial charge < -0.3 is 20.6 Å². The third kappa shape index (κ3) is 2.62. The number of carbonyl (C=O) groups is 1. The zero-order valence-corrected chi connectivity index (χ0v) is 12.1. The second kappa shape index (κ2) is 5.57. The Morgan fingerprint density at radius 1 is 1.19 bits per heavy atom. The minimum atomic E-state index is -1.03. The highest BCUT2D eigenvalue weighted by molar-refractivity contribution is 7.13. The fourth-order valence-electron chi connectivity index (χ4n) is 2.38. The van der Waals surface area contributed by atoms with Gasteiger partial charge in [-0.2, -0.15) is 0 Å². The average molecular weight is 305 g/mol. The Kier molecular flexibility index (Phi) is 3.61. The molecule has 0 atom stereocenters. The molecule has 110 valence electrons. The lowest BCUT2D eigenvalue weighted by Crippen LogP contribution is -2.47. The lowest BCUT2D eigenvalue weighted by Gasteiger charge is -2.35. The molecule has 1 aliphatic heterocycles. The molecule has 8 heteroatoms. The largest absolute Gasteiger partial charge is 0.478 e. The van der Waals surface area contributed by atoms with Gasteiger partial charge in [-0.15, -0.1) is 11.3 Å². The van der Waals surface area contributed by atoms with Gasteiger partial charge in [-0.05, 0) is 6.07 Å². The second-order valence-electron chi connectivity index (χ2n) is 4.69. The van der Waals surface area contributed by atoms with Crippen molar-refractivity contribution in [3.63, 3.8) is 0 Å². The Labute approximate surface area is 125 Å². The summed E-state index contributed by atoms with van der Waals surface area (Å²) in [5, 5.41) is 12.1. The summed E-state index contributed by atoms with van der Waals surface area (Å²) >= 11 is 1.61. The molecule has 0 aromatic carbocycles. The zero-order chi connectivity index (χ0) is 14.8. The average Bonchev–Trinajstić information content (AvgIpc) is 3.02. The van der Waals surface area contributed by atoms with Crippen LogP contribution in [0.2, 0.25) is 0 Å². The van der Waals surface area contributed by atoms with Crippen LogP contribution in [0.3, 0.4) is 0 Å². The molecule has 0 saturated carbocycles. The Bertz CT molecular complexity index is 638. The van der Waals surface area contributed by atoms with Crippen LogP contribution in [0.15, 0.2) is 23.8 Å². The van der Waals surface area contributed by atoms with Crippen LogP contribution in [0.5, 0.6) is 0 Å². The van der Waals surface area contributed by atoms with Crippen LogP contribution in [0.4, 0.5) is 16.6 Å². The number of nitrogens with zero attached hydrogens (tertiary/aromatic N) is 4. The third-order valence-electron chi connectivity index (χ3n) is 3.47. The fourth-order valence-corrected chi connectivity index (χ4v) is 3.08. The maximum Gasteiger partial charge on any atom is 0.337 e. The molecule has 0 unspecified atom stereocenters. The number of carboxylic acid groups (broad SMARTS) is 1. The van der Waals surface area contributed by atoms with E-state index in [1.807, 2.05) is 10.3 Å². The number of thiazole rings is 1. The van der Waals surface area contributed by atoms with E-state index in [2.05, 4.69) is 14.9 Å². The van der Waals surface area contributed by atoms with Gasteiger partial charge in [-0.3, -0.25) is 0 Å². The Hall–Kier alpha value is -2.35. The Balaban J connectivity index is 1.75.